The Kier molecular flexibility index (Phi) is 5.66. The van der Waals surface area contributed by atoms with Crippen LogP contribution in [0.4, 0.5) is 0 Å². The minimum Gasteiger partial charge on any atom is -0.297 e. The minimum atomic E-state index is 0.411. The van der Waals surface area contributed by atoms with E-state index >= 15 is 0 Å². The standard InChI is InChI=1S/C25H27N5S/c1-18-6-3-7-20(14-18)23-15-27-19(2)28-24(23)21-8-4-11-29(16-21)17-22-9-5-12-30(22)25-26-10-13-31-25/h3,5-7,9-10,12-15,21H,4,8,11,16-17H2,1-2H3. The molecule has 0 bridgehead atoms. The van der Waals surface area contributed by atoms with Crippen molar-refractivity contribution in [1.82, 2.24) is 24.4 Å². The first-order chi connectivity index (χ1) is 15.2. The number of hydrogen-bond acceptors (Lipinski definition) is 5. The summed E-state index contributed by atoms with van der Waals surface area (Å²) in [5.74, 6) is 1.26. The molecule has 0 aliphatic carbocycles. The van der Waals surface area contributed by atoms with Crippen LogP contribution < -0.4 is 0 Å². The van der Waals surface area contributed by atoms with Crippen LogP contribution in [-0.4, -0.2) is 37.5 Å². The Bertz CT molecular complexity index is 1160. The molecule has 5 nitrogen and oxygen atoms in total. The zero-order valence-electron chi connectivity index (χ0n) is 18.0. The SMILES string of the molecule is Cc1cccc(-c2cnc(C)nc2C2CCCN(Cc3cccn3-c3nccs3)C2)c1. The number of piperidine rings is 1. The largest absolute Gasteiger partial charge is 0.297 e. The predicted molar refractivity (Wildman–Crippen MR) is 126 cm³/mol. The molecule has 1 aliphatic rings. The van der Waals surface area contributed by atoms with Crippen molar-refractivity contribution in [1.29, 1.82) is 0 Å². The molecule has 1 atom stereocenters. The topological polar surface area (TPSA) is 46.8 Å². The van der Waals surface area contributed by atoms with Gasteiger partial charge in [0.2, 0.25) is 0 Å². The van der Waals surface area contributed by atoms with E-state index in [9.17, 15) is 0 Å². The van der Waals surface area contributed by atoms with Gasteiger partial charge in [0.1, 0.15) is 5.82 Å². The number of aromatic nitrogens is 4. The quantitative estimate of drug-likeness (QED) is 0.427. The fraction of sp³-hybridized carbons (Fsp3) is 0.320. The van der Waals surface area contributed by atoms with Crippen molar-refractivity contribution in [2.24, 2.45) is 0 Å². The van der Waals surface area contributed by atoms with Crippen molar-refractivity contribution < 1.29 is 0 Å². The monoisotopic (exact) mass is 429 g/mol. The van der Waals surface area contributed by atoms with Gasteiger partial charge in [0.25, 0.3) is 0 Å². The maximum atomic E-state index is 4.94. The molecule has 1 fully saturated rings. The third-order valence-corrected chi connectivity index (χ3v) is 6.77. The summed E-state index contributed by atoms with van der Waals surface area (Å²) in [6, 6.07) is 13.0. The van der Waals surface area contributed by atoms with Gasteiger partial charge in [-0.15, -0.1) is 11.3 Å². The first-order valence-electron chi connectivity index (χ1n) is 10.9. The molecular formula is C25H27N5S. The molecule has 0 N–H and O–H groups in total. The number of nitrogens with zero attached hydrogens (tertiary/aromatic N) is 5. The van der Waals surface area contributed by atoms with Crippen LogP contribution in [0.5, 0.6) is 0 Å². The van der Waals surface area contributed by atoms with Crippen molar-refractivity contribution in [3.05, 3.63) is 83.1 Å². The lowest BCUT2D eigenvalue weighted by Crippen LogP contribution is -2.35. The van der Waals surface area contributed by atoms with Crippen LogP contribution in [0.25, 0.3) is 16.3 Å². The summed E-state index contributed by atoms with van der Waals surface area (Å²) in [5, 5.41) is 3.06. The smallest absolute Gasteiger partial charge is 0.193 e. The third kappa shape index (κ3) is 4.31. The van der Waals surface area contributed by atoms with Crippen LogP contribution in [0.15, 0.2) is 60.4 Å². The highest BCUT2D eigenvalue weighted by molar-refractivity contribution is 7.12. The second-order valence-corrected chi connectivity index (χ2v) is 9.22. The summed E-state index contributed by atoms with van der Waals surface area (Å²) in [6.45, 7) is 7.18. The highest BCUT2D eigenvalue weighted by Gasteiger charge is 2.26. The Morgan fingerprint density at radius 1 is 1.13 bits per heavy atom. The summed E-state index contributed by atoms with van der Waals surface area (Å²) < 4.78 is 2.21. The number of benzene rings is 1. The molecule has 31 heavy (non-hydrogen) atoms. The number of rotatable bonds is 5. The van der Waals surface area contributed by atoms with Crippen LogP contribution in [0.1, 0.15) is 41.5 Å². The molecule has 0 amide bonds. The van der Waals surface area contributed by atoms with Gasteiger partial charge in [-0.25, -0.2) is 15.0 Å². The van der Waals surface area contributed by atoms with Crippen molar-refractivity contribution in [2.45, 2.75) is 39.2 Å². The molecule has 1 aromatic carbocycles. The second-order valence-electron chi connectivity index (χ2n) is 8.34. The van der Waals surface area contributed by atoms with Crippen molar-refractivity contribution in [3.63, 3.8) is 0 Å². The molecule has 4 heterocycles. The summed E-state index contributed by atoms with van der Waals surface area (Å²) in [6.07, 6.45) is 8.33. The van der Waals surface area contributed by atoms with Gasteiger partial charge in [-0.05, 0) is 50.9 Å². The maximum Gasteiger partial charge on any atom is 0.193 e. The Morgan fingerprint density at radius 2 is 2.06 bits per heavy atom. The summed E-state index contributed by atoms with van der Waals surface area (Å²) >= 11 is 1.67. The van der Waals surface area contributed by atoms with Crippen LogP contribution in [-0.2, 0) is 6.54 Å². The zero-order valence-corrected chi connectivity index (χ0v) is 18.8. The molecule has 1 unspecified atom stereocenters. The lowest BCUT2D eigenvalue weighted by molar-refractivity contribution is 0.195. The average Bonchev–Trinajstić information content (AvgIpc) is 3.46. The van der Waals surface area contributed by atoms with Gasteiger partial charge >= 0.3 is 0 Å². The van der Waals surface area contributed by atoms with Gasteiger partial charge in [-0.1, -0.05) is 29.8 Å². The fourth-order valence-corrected chi connectivity index (χ4v) is 5.21. The molecular weight excluding hydrogens is 402 g/mol. The van der Waals surface area contributed by atoms with E-state index < -0.39 is 0 Å². The zero-order chi connectivity index (χ0) is 21.2. The lowest BCUT2D eigenvalue weighted by Gasteiger charge is -2.33. The summed E-state index contributed by atoms with van der Waals surface area (Å²) in [5.41, 5.74) is 6.13. The summed E-state index contributed by atoms with van der Waals surface area (Å²) in [7, 11) is 0. The Hall–Kier alpha value is -2.83. The summed E-state index contributed by atoms with van der Waals surface area (Å²) in [4.78, 5) is 16.5. The average molecular weight is 430 g/mol. The molecule has 0 saturated carbocycles. The van der Waals surface area contributed by atoms with E-state index in [-0.39, 0.29) is 0 Å². The van der Waals surface area contributed by atoms with E-state index in [1.54, 1.807) is 11.3 Å². The molecule has 5 rings (SSSR count). The number of thiazole rings is 1. The van der Waals surface area contributed by atoms with Crippen molar-refractivity contribution >= 4 is 11.3 Å². The Balaban J connectivity index is 1.40. The third-order valence-electron chi connectivity index (χ3n) is 6.00. The number of aryl methyl sites for hydroxylation is 2. The van der Waals surface area contributed by atoms with Gasteiger partial charge in [0.15, 0.2) is 5.13 Å². The molecule has 0 spiro atoms. The Morgan fingerprint density at radius 3 is 2.90 bits per heavy atom. The molecule has 3 aromatic heterocycles. The maximum absolute atomic E-state index is 4.94. The molecule has 4 aromatic rings. The van der Waals surface area contributed by atoms with Gasteiger partial charge in [0, 0.05) is 54.2 Å². The fourth-order valence-electron chi connectivity index (χ4n) is 4.55. The van der Waals surface area contributed by atoms with Crippen molar-refractivity contribution in [3.8, 4) is 16.3 Å². The molecule has 1 saturated heterocycles. The van der Waals surface area contributed by atoms with E-state index in [4.69, 9.17) is 4.98 Å². The van der Waals surface area contributed by atoms with E-state index in [1.165, 1.54) is 40.9 Å². The van der Waals surface area contributed by atoms with Crippen LogP contribution >= 0.6 is 11.3 Å². The van der Waals surface area contributed by atoms with E-state index in [0.29, 0.717) is 5.92 Å². The molecule has 158 valence electrons. The first kappa shape index (κ1) is 20.1. The van der Waals surface area contributed by atoms with Crippen LogP contribution in [0, 0.1) is 13.8 Å². The lowest BCUT2D eigenvalue weighted by atomic mass is 9.89. The normalized spacial score (nSPS) is 17.2. The molecule has 1 aliphatic heterocycles. The van der Waals surface area contributed by atoms with Gasteiger partial charge in [0.05, 0.1) is 5.69 Å². The molecule has 0 radical (unpaired) electrons. The molecule has 6 heteroatoms. The minimum absolute atomic E-state index is 0.411. The highest BCUT2D eigenvalue weighted by atomic mass is 32.1. The van der Waals surface area contributed by atoms with E-state index in [1.807, 2.05) is 24.7 Å². The van der Waals surface area contributed by atoms with E-state index in [0.717, 1.165) is 30.6 Å². The van der Waals surface area contributed by atoms with Crippen molar-refractivity contribution in [2.75, 3.05) is 13.1 Å². The predicted octanol–water partition coefficient (Wildman–Crippen LogP) is 5.39. The first-order valence-corrected chi connectivity index (χ1v) is 11.7. The number of likely N-dealkylation sites (tertiary alicyclic amines) is 1. The van der Waals surface area contributed by atoms with E-state index in [2.05, 4.69) is 69.0 Å². The highest BCUT2D eigenvalue weighted by Crippen LogP contribution is 2.34. The van der Waals surface area contributed by atoms with Gasteiger partial charge < -0.3 is 0 Å². The Labute approximate surface area is 187 Å². The van der Waals surface area contributed by atoms with Crippen LogP contribution in [0.3, 0.4) is 0 Å². The van der Waals surface area contributed by atoms with Gasteiger partial charge in [-0.2, -0.15) is 0 Å². The van der Waals surface area contributed by atoms with Crippen LogP contribution in [0.2, 0.25) is 0 Å². The second kappa shape index (κ2) is 8.73. The van der Waals surface area contributed by atoms with Gasteiger partial charge in [-0.3, -0.25) is 9.47 Å². The number of hydrogen-bond donors (Lipinski definition) is 0.